The maximum Gasteiger partial charge on any atom is 0.250 e. The lowest BCUT2D eigenvalue weighted by Crippen LogP contribution is -2.33. The van der Waals surface area contributed by atoms with Gasteiger partial charge in [0, 0.05) is 6.04 Å². The molecule has 106 valence electrons. The predicted molar refractivity (Wildman–Crippen MR) is 81.9 cm³/mol. The molecule has 19 heavy (non-hydrogen) atoms. The summed E-state index contributed by atoms with van der Waals surface area (Å²) in [4.78, 5) is 0.857. The number of thiocarbonyl (C=S) groups is 1. The number of hydrogen-bond donors (Lipinski definition) is 2. The molecule has 2 rings (SSSR count). The van der Waals surface area contributed by atoms with Gasteiger partial charge in [0.05, 0.1) is 4.88 Å². The van der Waals surface area contributed by atoms with Crippen LogP contribution in [0.5, 0.6) is 0 Å². The van der Waals surface area contributed by atoms with Crippen LogP contribution < -0.4 is 10.5 Å². The van der Waals surface area contributed by atoms with E-state index in [2.05, 4.69) is 18.6 Å². The average Bonchev–Trinajstić information content (AvgIpc) is 2.84. The van der Waals surface area contributed by atoms with E-state index < -0.39 is 10.0 Å². The van der Waals surface area contributed by atoms with E-state index in [-0.39, 0.29) is 20.7 Å². The average molecular weight is 318 g/mol. The maximum absolute atomic E-state index is 12.3. The molecule has 1 fully saturated rings. The number of sulfonamides is 1. The second-order valence-corrected chi connectivity index (χ2v) is 9.17. The van der Waals surface area contributed by atoms with Gasteiger partial charge in [-0.25, -0.2) is 13.1 Å². The van der Waals surface area contributed by atoms with E-state index >= 15 is 0 Å². The van der Waals surface area contributed by atoms with E-state index in [9.17, 15) is 8.42 Å². The third-order valence-corrected chi connectivity index (χ3v) is 6.86. The first-order valence-corrected chi connectivity index (χ1v) is 8.82. The van der Waals surface area contributed by atoms with Crippen molar-refractivity contribution >= 4 is 38.6 Å². The van der Waals surface area contributed by atoms with Crippen LogP contribution in [0.25, 0.3) is 0 Å². The lowest BCUT2D eigenvalue weighted by molar-refractivity contribution is 0.372. The SMILES string of the molecule is CC1(C)CCC(NS(=O)(=O)c2ccc(C(N)=S)s2)C1. The Hall–Kier alpha value is -0.500. The van der Waals surface area contributed by atoms with Gasteiger partial charge in [0.2, 0.25) is 10.0 Å². The third kappa shape index (κ3) is 3.53. The molecule has 4 nitrogen and oxygen atoms in total. The fraction of sp³-hybridized carbons (Fsp3) is 0.583. The lowest BCUT2D eigenvalue weighted by Gasteiger charge is -2.17. The minimum absolute atomic E-state index is 0.0235. The van der Waals surface area contributed by atoms with Gasteiger partial charge in [-0.05, 0) is 36.8 Å². The highest BCUT2D eigenvalue weighted by Gasteiger charge is 2.33. The number of hydrogen-bond acceptors (Lipinski definition) is 4. The van der Waals surface area contributed by atoms with Crippen molar-refractivity contribution in [3.63, 3.8) is 0 Å². The predicted octanol–water partition coefficient (Wildman–Crippen LogP) is 2.24. The molecule has 1 atom stereocenters. The van der Waals surface area contributed by atoms with Crippen LogP contribution in [0.4, 0.5) is 0 Å². The van der Waals surface area contributed by atoms with Crippen molar-refractivity contribution in [1.82, 2.24) is 4.72 Å². The standard InChI is InChI=1S/C12H18N2O2S3/c1-12(2)6-5-8(7-12)14-19(15,16)10-4-3-9(18-10)11(13)17/h3-4,8,14H,5-7H2,1-2H3,(H2,13,17). The van der Waals surface area contributed by atoms with Crippen molar-refractivity contribution in [2.24, 2.45) is 11.1 Å². The van der Waals surface area contributed by atoms with Gasteiger partial charge in [0.1, 0.15) is 9.20 Å². The quantitative estimate of drug-likeness (QED) is 0.835. The largest absolute Gasteiger partial charge is 0.389 e. The molecule has 1 aliphatic rings. The van der Waals surface area contributed by atoms with Gasteiger partial charge in [0.15, 0.2) is 0 Å². The first-order valence-electron chi connectivity index (χ1n) is 6.12. The highest BCUT2D eigenvalue weighted by molar-refractivity contribution is 7.91. The van der Waals surface area contributed by atoms with Gasteiger partial charge >= 0.3 is 0 Å². The molecule has 0 bridgehead atoms. The molecule has 1 unspecified atom stereocenters. The summed E-state index contributed by atoms with van der Waals surface area (Å²) in [6, 6.07) is 3.23. The second-order valence-electron chi connectivity index (χ2n) is 5.71. The summed E-state index contributed by atoms with van der Waals surface area (Å²) < 4.78 is 27.6. The molecule has 0 amide bonds. The van der Waals surface area contributed by atoms with E-state index in [4.69, 9.17) is 18.0 Å². The Morgan fingerprint density at radius 2 is 2.21 bits per heavy atom. The first-order chi connectivity index (χ1) is 8.70. The van der Waals surface area contributed by atoms with Crippen LogP contribution >= 0.6 is 23.6 Å². The molecule has 3 N–H and O–H groups in total. The van der Waals surface area contributed by atoms with E-state index in [1.54, 1.807) is 12.1 Å². The molecule has 0 aliphatic heterocycles. The molecule has 1 aromatic rings. The van der Waals surface area contributed by atoms with Gasteiger partial charge < -0.3 is 5.73 Å². The minimum Gasteiger partial charge on any atom is -0.389 e. The zero-order chi connectivity index (χ0) is 14.3. The zero-order valence-electron chi connectivity index (χ0n) is 11.0. The van der Waals surface area contributed by atoms with Gasteiger partial charge in [-0.1, -0.05) is 26.1 Å². The van der Waals surface area contributed by atoms with Crippen LogP contribution in [-0.4, -0.2) is 19.4 Å². The summed E-state index contributed by atoms with van der Waals surface area (Å²) in [6.07, 6.45) is 2.81. The summed E-state index contributed by atoms with van der Waals surface area (Å²) in [5, 5.41) is 0. The number of nitrogens with two attached hydrogens (primary N) is 1. The molecule has 1 aromatic heterocycles. The Morgan fingerprint density at radius 1 is 1.53 bits per heavy atom. The topological polar surface area (TPSA) is 72.2 Å². The van der Waals surface area contributed by atoms with Crippen LogP contribution in [0.3, 0.4) is 0 Å². The van der Waals surface area contributed by atoms with Gasteiger partial charge in [0.25, 0.3) is 0 Å². The normalized spacial score (nSPS) is 22.5. The van der Waals surface area contributed by atoms with Gasteiger partial charge in [-0.3, -0.25) is 0 Å². The van der Waals surface area contributed by atoms with Gasteiger partial charge in [-0.2, -0.15) is 0 Å². The molecule has 0 spiro atoms. The smallest absolute Gasteiger partial charge is 0.250 e. The summed E-state index contributed by atoms with van der Waals surface area (Å²) in [5.74, 6) is 0. The van der Waals surface area contributed by atoms with Crippen molar-refractivity contribution in [3.8, 4) is 0 Å². The summed E-state index contributed by atoms with van der Waals surface area (Å²) in [7, 11) is -3.45. The fourth-order valence-corrected chi connectivity index (χ4v) is 5.05. The molecule has 7 heteroatoms. The Labute approximate surface area is 123 Å². The van der Waals surface area contributed by atoms with Crippen molar-refractivity contribution < 1.29 is 8.42 Å². The molecule has 0 radical (unpaired) electrons. The van der Waals surface area contributed by atoms with Crippen molar-refractivity contribution in [1.29, 1.82) is 0 Å². The highest BCUT2D eigenvalue weighted by Crippen LogP contribution is 2.37. The zero-order valence-corrected chi connectivity index (χ0v) is 13.4. The van der Waals surface area contributed by atoms with Crippen LogP contribution in [0.1, 0.15) is 38.0 Å². The van der Waals surface area contributed by atoms with E-state index in [1.807, 2.05) is 0 Å². The summed E-state index contributed by atoms with van der Waals surface area (Å²) >= 11 is 5.96. The number of thiophene rings is 1. The van der Waals surface area contributed by atoms with E-state index in [1.165, 1.54) is 0 Å². The number of nitrogens with one attached hydrogen (secondary N) is 1. The number of rotatable bonds is 4. The summed E-state index contributed by atoms with van der Waals surface area (Å²) in [6.45, 7) is 4.33. The molecule has 1 saturated carbocycles. The van der Waals surface area contributed by atoms with Crippen LogP contribution in [0.15, 0.2) is 16.3 Å². The first kappa shape index (κ1) is 14.9. The Balaban J connectivity index is 2.12. The monoisotopic (exact) mass is 318 g/mol. The van der Waals surface area contributed by atoms with Crippen molar-refractivity contribution in [2.75, 3.05) is 0 Å². The Bertz CT molecular complexity index is 590. The highest BCUT2D eigenvalue weighted by atomic mass is 32.2. The van der Waals surface area contributed by atoms with Crippen molar-refractivity contribution in [2.45, 2.75) is 43.4 Å². The van der Waals surface area contributed by atoms with Crippen LogP contribution in [0, 0.1) is 5.41 Å². The Morgan fingerprint density at radius 3 is 2.68 bits per heavy atom. The molecular weight excluding hydrogens is 300 g/mol. The van der Waals surface area contributed by atoms with Crippen molar-refractivity contribution in [3.05, 3.63) is 17.0 Å². The van der Waals surface area contributed by atoms with Crippen LogP contribution in [-0.2, 0) is 10.0 Å². The third-order valence-electron chi connectivity index (χ3n) is 3.38. The molecule has 0 aromatic carbocycles. The maximum atomic E-state index is 12.3. The summed E-state index contributed by atoms with van der Waals surface area (Å²) in [5.41, 5.74) is 5.71. The van der Waals surface area contributed by atoms with Gasteiger partial charge in [-0.15, -0.1) is 11.3 Å². The van der Waals surface area contributed by atoms with E-state index in [0.29, 0.717) is 4.88 Å². The van der Waals surface area contributed by atoms with Crippen LogP contribution in [0.2, 0.25) is 0 Å². The molecule has 1 aliphatic carbocycles. The molecule has 1 heterocycles. The second kappa shape index (κ2) is 5.12. The Kier molecular flexibility index (Phi) is 4.02. The lowest BCUT2D eigenvalue weighted by atomic mass is 9.92. The minimum atomic E-state index is -3.45. The fourth-order valence-electron chi connectivity index (χ4n) is 2.41. The molecular formula is C12H18N2O2S3. The molecule has 0 saturated heterocycles. The van der Waals surface area contributed by atoms with E-state index in [0.717, 1.165) is 30.6 Å².